The van der Waals surface area contributed by atoms with E-state index in [1.54, 1.807) is 11.8 Å². The third-order valence-electron chi connectivity index (χ3n) is 5.10. The summed E-state index contributed by atoms with van der Waals surface area (Å²) in [5, 5.41) is 5.78. The van der Waals surface area contributed by atoms with Crippen LogP contribution in [-0.4, -0.2) is 54.8 Å². The fraction of sp³-hybridized carbons (Fsp3) is 0.364. The van der Waals surface area contributed by atoms with Crippen molar-refractivity contribution in [3.8, 4) is 0 Å². The molecule has 0 saturated carbocycles. The average Bonchev–Trinajstić information content (AvgIpc) is 3.13. The maximum absolute atomic E-state index is 12.6. The molecular weight excluding hydrogens is 386 g/mol. The van der Waals surface area contributed by atoms with Gasteiger partial charge in [-0.1, -0.05) is 17.7 Å². The summed E-state index contributed by atoms with van der Waals surface area (Å²) in [5.41, 5.74) is 3.90. The van der Waals surface area contributed by atoms with Gasteiger partial charge in [0.2, 0.25) is 11.8 Å². The van der Waals surface area contributed by atoms with Gasteiger partial charge in [0.1, 0.15) is 0 Å². The van der Waals surface area contributed by atoms with E-state index in [0.717, 1.165) is 30.9 Å². The molecule has 1 atom stereocenters. The van der Waals surface area contributed by atoms with E-state index in [9.17, 15) is 9.59 Å². The molecule has 0 bridgehead atoms. The van der Waals surface area contributed by atoms with Crippen LogP contribution < -0.4 is 10.6 Å². The number of nitrogens with zero attached hydrogens (tertiary/aromatic N) is 1. The molecule has 2 aromatic rings. The number of ether oxygens (including phenoxy) is 1. The summed E-state index contributed by atoms with van der Waals surface area (Å²) in [6, 6.07) is 13.6. The third-order valence-corrected chi connectivity index (χ3v) is 6.40. The van der Waals surface area contributed by atoms with Crippen LogP contribution in [0.15, 0.2) is 47.4 Å². The first-order valence-corrected chi connectivity index (χ1v) is 10.7. The van der Waals surface area contributed by atoms with E-state index in [-0.39, 0.29) is 17.1 Å². The van der Waals surface area contributed by atoms with Gasteiger partial charge < -0.3 is 15.4 Å². The number of nitrogens with one attached hydrogen (secondary N) is 2. The zero-order chi connectivity index (χ0) is 20.2. The Morgan fingerprint density at radius 1 is 1.07 bits per heavy atom. The Labute approximate surface area is 175 Å². The molecule has 2 aliphatic heterocycles. The summed E-state index contributed by atoms with van der Waals surface area (Å²) in [7, 11) is 0. The van der Waals surface area contributed by atoms with E-state index in [4.69, 9.17) is 4.74 Å². The van der Waals surface area contributed by atoms with Crippen LogP contribution in [0.5, 0.6) is 0 Å². The van der Waals surface area contributed by atoms with Gasteiger partial charge in [-0.25, -0.2) is 0 Å². The maximum atomic E-state index is 12.6. The number of aryl methyl sites for hydroxylation is 1. The smallest absolute Gasteiger partial charge is 0.238 e. The minimum atomic E-state index is -0.111. The fourth-order valence-corrected chi connectivity index (χ4v) is 4.80. The molecule has 2 heterocycles. The second-order valence-corrected chi connectivity index (χ2v) is 8.67. The van der Waals surface area contributed by atoms with Crippen molar-refractivity contribution in [1.29, 1.82) is 0 Å². The lowest BCUT2D eigenvalue weighted by Gasteiger charge is -2.25. The molecule has 0 aliphatic carbocycles. The highest BCUT2D eigenvalue weighted by atomic mass is 32.2. The molecule has 0 aromatic heterocycles. The topological polar surface area (TPSA) is 70.7 Å². The Morgan fingerprint density at radius 3 is 2.48 bits per heavy atom. The molecule has 1 unspecified atom stereocenters. The number of carbonyl (C=O) groups is 2. The molecule has 2 aliphatic rings. The van der Waals surface area contributed by atoms with Crippen molar-refractivity contribution < 1.29 is 14.3 Å². The van der Waals surface area contributed by atoms with Crippen molar-refractivity contribution in [3.63, 3.8) is 0 Å². The van der Waals surface area contributed by atoms with Crippen molar-refractivity contribution in [2.24, 2.45) is 0 Å². The normalized spacial score (nSPS) is 18.9. The summed E-state index contributed by atoms with van der Waals surface area (Å²) < 4.78 is 5.30. The SMILES string of the molecule is Cc1ccc2c(c1)SC(C(=O)Nc1ccc(NC(=O)CN3CCOCC3)cc1)C2. The number of morpholine rings is 1. The van der Waals surface area contributed by atoms with Gasteiger partial charge in [-0.05, 0) is 49.2 Å². The molecule has 4 rings (SSSR count). The number of carbonyl (C=O) groups excluding carboxylic acids is 2. The third kappa shape index (κ3) is 5.18. The number of thioether (sulfide) groups is 1. The maximum Gasteiger partial charge on any atom is 0.238 e. The minimum Gasteiger partial charge on any atom is -0.379 e. The molecule has 2 aromatic carbocycles. The molecule has 0 spiro atoms. The van der Waals surface area contributed by atoms with Crippen LogP contribution in [0.2, 0.25) is 0 Å². The number of hydrogen-bond donors (Lipinski definition) is 2. The minimum absolute atomic E-state index is 0.00737. The second-order valence-electron chi connectivity index (χ2n) is 7.43. The lowest BCUT2D eigenvalue weighted by atomic mass is 10.1. The zero-order valence-corrected chi connectivity index (χ0v) is 17.3. The van der Waals surface area contributed by atoms with E-state index in [2.05, 4.69) is 40.7 Å². The zero-order valence-electron chi connectivity index (χ0n) is 16.4. The Hall–Kier alpha value is -2.35. The van der Waals surface area contributed by atoms with Gasteiger partial charge in [-0.2, -0.15) is 0 Å². The van der Waals surface area contributed by atoms with E-state index < -0.39 is 0 Å². The Balaban J connectivity index is 1.28. The van der Waals surface area contributed by atoms with E-state index in [1.807, 2.05) is 24.3 Å². The monoisotopic (exact) mass is 411 g/mol. The number of hydrogen-bond acceptors (Lipinski definition) is 5. The highest BCUT2D eigenvalue weighted by Gasteiger charge is 2.28. The molecule has 1 saturated heterocycles. The number of fused-ring (bicyclic) bond motifs is 1. The van der Waals surface area contributed by atoms with Crippen LogP contribution in [0.3, 0.4) is 0 Å². The lowest BCUT2D eigenvalue weighted by molar-refractivity contribution is -0.118. The van der Waals surface area contributed by atoms with E-state index in [1.165, 1.54) is 16.0 Å². The molecule has 0 radical (unpaired) electrons. The number of benzene rings is 2. The predicted molar refractivity (Wildman–Crippen MR) is 115 cm³/mol. The summed E-state index contributed by atoms with van der Waals surface area (Å²) in [4.78, 5) is 28.1. The van der Waals surface area contributed by atoms with Crippen LogP contribution in [0.25, 0.3) is 0 Å². The van der Waals surface area contributed by atoms with Crippen LogP contribution >= 0.6 is 11.8 Å². The van der Waals surface area contributed by atoms with Gasteiger partial charge in [0, 0.05) is 29.4 Å². The lowest BCUT2D eigenvalue weighted by Crippen LogP contribution is -2.41. The molecule has 7 heteroatoms. The van der Waals surface area contributed by atoms with Gasteiger partial charge in [-0.3, -0.25) is 14.5 Å². The Bertz CT molecular complexity index is 895. The summed E-state index contributed by atoms with van der Waals surface area (Å²) in [6.45, 7) is 5.33. The molecule has 1 fully saturated rings. The van der Waals surface area contributed by atoms with Crippen molar-refractivity contribution in [2.45, 2.75) is 23.5 Å². The largest absolute Gasteiger partial charge is 0.379 e. The first kappa shape index (κ1) is 19.9. The molecular formula is C22H25N3O3S. The molecule has 152 valence electrons. The van der Waals surface area contributed by atoms with Crippen LogP contribution in [0, 0.1) is 6.92 Å². The molecule has 6 nitrogen and oxygen atoms in total. The highest BCUT2D eigenvalue weighted by molar-refractivity contribution is 8.01. The Kier molecular flexibility index (Phi) is 6.18. The second kappa shape index (κ2) is 8.98. The summed E-state index contributed by atoms with van der Waals surface area (Å²) >= 11 is 1.62. The highest BCUT2D eigenvalue weighted by Crippen LogP contribution is 2.38. The van der Waals surface area contributed by atoms with Crippen molar-refractivity contribution in [2.75, 3.05) is 43.5 Å². The van der Waals surface area contributed by atoms with E-state index in [0.29, 0.717) is 19.8 Å². The number of anilines is 2. The van der Waals surface area contributed by atoms with Crippen LogP contribution in [-0.2, 0) is 20.7 Å². The predicted octanol–water partition coefficient (Wildman–Crippen LogP) is 2.92. The first-order chi connectivity index (χ1) is 14.1. The van der Waals surface area contributed by atoms with Crippen LogP contribution in [0.1, 0.15) is 11.1 Å². The van der Waals surface area contributed by atoms with Gasteiger partial charge in [0.15, 0.2) is 0 Å². The average molecular weight is 412 g/mol. The van der Waals surface area contributed by atoms with Gasteiger partial charge >= 0.3 is 0 Å². The molecule has 2 N–H and O–H groups in total. The standard InChI is InChI=1S/C22H25N3O3S/c1-15-2-3-16-13-20(29-19(16)12-15)22(27)24-18-6-4-17(5-7-18)23-21(26)14-25-8-10-28-11-9-25/h2-7,12,20H,8-11,13-14H2,1H3,(H,23,26)(H,24,27). The van der Waals surface area contributed by atoms with Gasteiger partial charge in [-0.15, -0.1) is 11.8 Å². The summed E-state index contributed by atoms with van der Waals surface area (Å²) in [5.74, 6) is -0.0351. The van der Waals surface area contributed by atoms with Gasteiger partial charge in [0.05, 0.1) is 25.0 Å². The van der Waals surface area contributed by atoms with E-state index >= 15 is 0 Å². The first-order valence-electron chi connectivity index (χ1n) is 9.84. The Morgan fingerprint density at radius 2 is 1.76 bits per heavy atom. The summed E-state index contributed by atoms with van der Waals surface area (Å²) in [6.07, 6.45) is 0.752. The number of rotatable bonds is 5. The quantitative estimate of drug-likeness (QED) is 0.792. The van der Waals surface area contributed by atoms with Crippen molar-refractivity contribution >= 4 is 35.0 Å². The van der Waals surface area contributed by atoms with Crippen LogP contribution in [0.4, 0.5) is 11.4 Å². The van der Waals surface area contributed by atoms with Gasteiger partial charge in [0.25, 0.3) is 0 Å². The molecule has 2 amide bonds. The van der Waals surface area contributed by atoms with Crippen molar-refractivity contribution in [1.82, 2.24) is 4.90 Å². The number of amides is 2. The molecule has 29 heavy (non-hydrogen) atoms. The fourth-order valence-electron chi connectivity index (χ4n) is 3.50. The van der Waals surface area contributed by atoms with Crippen molar-refractivity contribution in [3.05, 3.63) is 53.6 Å².